The summed E-state index contributed by atoms with van der Waals surface area (Å²) in [6.07, 6.45) is 7.35. The molecular formula is C25H34N2O4. The largest absolute Gasteiger partial charge is 0.445 e. The third-order valence-corrected chi connectivity index (χ3v) is 4.85. The zero-order valence-corrected chi connectivity index (χ0v) is 18.8. The van der Waals surface area contributed by atoms with Crippen LogP contribution < -0.4 is 0 Å². The van der Waals surface area contributed by atoms with E-state index in [2.05, 4.69) is 13.2 Å². The Labute approximate surface area is 185 Å². The Kier molecular flexibility index (Phi) is 8.91. The van der Waals surface area contributed by atoms with Crippen molar-refractivity contribution < 1.29 is 19.1 Å². The van der Waals surface area contributed by atoms with Crippen molar-refractivity contribution in [2.24, 2.45) is 5.92 Å². The van der Waals surface area contributed by atoms with Gasteiger partial charge in [-0.25, -0.2) is 9.59 Å². The van der Waals surface area contributed by atoms with E-state index in [0.717, 1.165) is 5.56 Å². The van der Waals surface area contributed by atoms with Crippen LogP contribution in [0.15, 0.2) is 67.8 Å². The molecule has 2 atom stereocenters. The Bertz CT molecular complexity index is 782. The lowest BCUT2D eigenvalue weighted by Gasteiger charge is -2.35. The number of benzene rings is 1. The molecule has 0 fully saturated rings. The molecule has 6 heteroatoms. The van der Waals surface area contributed by atoms with Gasteiger partial charge in [0.15, 0.2) is 0 Å². The molecule has 0 heterocycles. The lowest BCUT2D eigenvalue weighted by molar-refractivity contribution is 0.0144. The van der Waals surface area contributed by atoms with Crippen LogP contribution in [0.4, 0.5) is 9.59 Å². The van der Waals surface area contributed by atoms with E-state index in [-0.39, 0.29) is 24.7 Å². The first-order valence-corrected chi connectivity index (χ1v) is 10.6. The summed E-state index contributed by atoms with van der Waals surface area (Å²) in [5.74, 6) is -0.0447. The van der Waals surface area contributed by atoms with Gasteiger partial charge in [0, 0.05) is 31.6 Å². The highest BCUT2D eigenvalue weighted by atomic mass is 16.6. The van der Waals surface area contributed by atoms with Crippen molar-refractivity contribution in [3.8, 4) is 0 Å². The summed E-state index contributed by atoms with van der Waals surface area (Å²) in [4.78, 5) is 28.8. The minimum Gasteiger partial charge on any atom is -0.445 e. The Morgan fingerprint density at radius 3 is 2.39 bits per heavy atom. The molecule has 0 bridgehead atoms. The molecule has 0 saturated carbocycles. The van der Waals surface area contributed by atoms with Crippen molar-refractivity contribution >= 4 is 12.2 Å². The molecule has 2 amide bonds. The van der Waals surface area contributed by atoms with Gasteiger partial charge in [-0.1, -0.05) is 54.6 Å². The predicted octanol–water partition coefficient (Wildman–Crippen LogP) is 5.18. The lowest BCUT2D eigenvalue weighted by atomic mass is 10.0. The van der Waals surface area contributed by atoms with Crippen LogP contribution >= 0.6 is 0 Å². The van der Waals surface area contributed by atoms with Crippen molar-refractivity contribution in [3.63, 3.8) is 0 Å². The van der Waals surface area contributed by atoms with E-state index in [9.17, 15) is 9.59 Å². The van der Waals surface area contributed by atoms with Crippen LogP contribution in [0.3, 0.4) is 0 Å². The van der Waals surface area contributed by atoms with Gasteiger partial charge < -0.3 is 19.3 Å². The molecule has 0 unspecified atom stereocenters. The first-order chi connectivity index (χ1) is 14.7. The van der Waals surface area contributed by atoms with Crippen molar-refractivity contribution in [1.82, 2.24) is 9.80 Å². The quantitative estimate of drug-likeness (QED) is 0.511. The first-order valence-electron chi connectivity index (χ1n) is 10.6. The SMILES string of the molecule is C=CCN(C[C@@H]1C=CC[C@H]1N(CC=C)C(=O)OC(C)(C)C)C(=O)OCc1ccccc1. The second kappa shape index (κ2) is 11.4. The molecule has 1 aromatic carbocycles. The van der Waals surface area contributed by atoms with Gasteiger partial charge in [-0.3, -0.25) is 0 Å². The van der Waals surface area contributed by atoms with Gasteiger partial charge >= 0.3 is 12.2 Å². The number of nitrogens with zero attached hydrogens (tertiary/aromatic N) is 2. The highest BCUT2D eigenvalue weighted by molar-refractivity contribution is 5.69. The zero-order chi connectivity index (χ0) is 22.9. The summed E-state index contributed by atoms with van der Waals surface area (Å²) < 4.78 is 11.1. The van der Waals surface area contributed by atoms with E-state index in [0.29, 0.717) is 26.1 Å². The van der Waals surface area contributed by atoms with Crippen LogP contribution in [-0.2, 0) is 16.1 Å². The second-order valence-electron chi connectivity index (χ2n) is 8.55. The highest BCUT2D eigenvalue weighted by Crippen LogP contribution is 2.27. The van der Waals surface area contributed by atoms with Crippen LogP contribution in [0.2, 0.25) is 0 Å². The Balaban J connectivity index is 2.07. The Morgan fingerprint density at radius 1 is 1.10 bits per heavy atom. The molecule has 2 rings (SSSR count). The van der Waals surface area contributed by atoms with E-state index in [1.807, 2.05) is 63.3 Å². The van der Waals surface area contributed by atoms with Crippen LogP contribution in [-0.4, -0.2) is 53.3 Å². The van der Waals surface area contributed by atoms with Gasteiger partial charge in [-0.05, 0) is 32.8 Å². The van der Waals surface area contributed by atoms with Crippen LogP contribution in [0.25, 0.3) is 0 Å². The van der Waals surface area contributed by atoms with E-state index < -0.39 is 11.7 Å². The van der Waals surface area contributed by atoms with Crippen molar-refractivity contribution in [3.05, 3.63) is 73.4 Å². The number of carbonyl (C=O) groups excluding carboxylic acids is 2. The number of ether oxygens (including phenoxy) is 2. The van der Waals surface area contributed by atoms with Gasteiger partial charge in [0.2, 0.25) is 0 Å². The molecular weight excluding hydrogens is 392 g/mol. The van der Waals surface area contributed by atoms with Crippen molar-refractivity contribution in [2.45, 2.75) is 45.4 Å². The summed E-state index contributed by atoms with van der Waals surface area (Å²) >= 11 is 0. The molecule has 0 N–H and O–H groups in total. The standard InChI is InChI=1S/C25H34N2O4/c1-6-16-26(23(28)30-19-20-12-9-8-10-13-20)18-21-14-11-15-22(21)27(17-7-2)24(29)31-25(3,4)5/h6-14,21-22H,1-2,15-19H2,3-5H3/t21-,22+/m0/s1. The monoisotopic (exact) mass is 426 g/mol. The maximum Gasteiger partial charge on any atom is 0.410 e. The van der Waals surface area contributed by atoms with Crippen molar-refractivity contribution in [1.29, 1.82) is 0 Å². The average Bonchev–Trinajstić information content (AvgIpc) is 3.17. The lowest BCUT2D eigenvalue weighted by Crippen LogP contribution is -2.48. The normalized spacial score (nSPS) is 17.6. The van der Waals surface area contributed by atoms with Gasteiger partial charge in [-0.2, -0.15) is 0 Å². The third kappa shape index (κ3) is 7.63. The molecule has 0 spiro atoms. The molecule has 1 aliphatic carbocycles. The summed E-state index contributed by atoms with van der Waals surface area (Å²) in [7, 11) is 0. The van der Waals surface area contributed by atoms with Crippen LogP contribution in [0, 0.1) is 5.92 Å². The van der Waals surface area contributed by atoms with Gasteiger partial charge in [0.25, 0.3) is 0 Å². The summed E-state index contributed by atoms with van der Waals surface area (Å²) in [5, 5.41) is 0. The Hall–Kier alpha value is -3.02. The molecule has 1 aromatic rings. The molecule has 0 aromatic heterocycles. The van der Waals surface area contributed by atoms with E-state index in [1.165, 1.54) is 0 Å². The number of hydrogen-bond acceptors (Lipinski definition) is 4. The van der Waals surface area contributed by atoms with Gasteiger partial charge in [0.1, 0.15) is 12.2 Å². The van der Waals surface area contributed by atoms with Gasteiger partial charge in [-0.15, -0.1) is 13.2 Å². The summed E-state index contributed by atoms with van der Waals surface area (Å²) in [6, 6.07) is 9.43. The fourth-order valence-electron chi connectivity index (χ4n) is 3.49. The third-order valence-electron chi connectivity index (χ3n) is 4.85. The molecule has 0 radical (unpaired) electrons. The fourth-order valence-corrected chi connectivity index (χ4v) is 3.49. The van der Waals surface area contributed by atoms with E-state index >= 15 is 0 Å². The van der Waals surface area contributed by atoms with E-state index in [1.54, 1.807) is 22.0 Å². The Morgan fingerprint density at radius 2 is 1.77 bits per heavy atom. The number of hydrogen-bond donors (Lipinski definition) is 0. The average molecular weight is 427 g/mol. The zero-order valence-electron chi connectivity index (χ0n) is 18.8. The second-order valence-corrected chi connectivity index (χ2v) is 8.55. The fraction of sp³-hybridized carbons (Fsp3) is 0.440. The highest BCUT2D eigenvalue weighted by Gasteiger charge is 2.35. The number of amides is 2. The number of rotatable bonds is 9. The van der Waals surface area contributed by atoms with Gasteiger partial charge in [0.05, 0.1) is 0 Å². The molecule has 1 aliphatic rings. The minimum atomic E-state index is -0.589. The molecule has 31 heavy (non-hydrogen) atoms. The minimum absolute atomic E-state index is 0.0447. The van der Waals surface area contributed by atoms with Crippen molar-refractivity contribution in [2.75, 3.05) is 19.6 Å². The predicted molar refractivity (Wildman–Crippen MR) is 123 cm³/mol. The first kappa shape index (κ1) is 24.3. The van der Waals surface area contributed by atoms with Crippen LogP contribution in [0.5, 0.6) is 0 Å². The molecule has 6 nitrogen and oxygen atoms in total. The molecule has 0 saturated heterocycles. The maximum absolute atomic E-state index is 12.8. The molecule has 168 valence electrons. The topological polar surface area (TPSA) is 59.1 Å². The summed E-state index contributed by atoms with van der Waals surface area (Å²) in [6.45, 7) is 14.4. The maximum atomic E-state index is 12.8. The summed E-state index contributed by atoms with van der Waals surface area (Å²) in [5.41, 5.74) is 0.337. The van der Waals surface area contributed by atoms with E-state index in [4.69, 9.17) is 9.47 Å². The number of carbonyl (C=O) groups is 2. The van der Waals surface area contributed by atoms with Crippen LogP contribution in [0.1, 0.15) is 32.8 Å². The molecule has 0 aliphatic heterocycles. The smallest absolute Gasteiger partial charge is 0.410 e.